The van der Waals surface area contributed by atoms with Crippen molar-refractivity contribution in [1.29, 1.82) is 0 Å². The Morgan fingerprint density at radius 3 is 2.55 bits per heavy atom. The fourth-order valence-electron chi connectivity index (χ4n) is 1.95. The van der Waals surface area contributed by atoms with Gasteiger partial charge in [-0.2, -0.15) is 0 Å². The van der Waals surface area contributed by atoms with Crippen LogP contribution in [0.4, 0.5) is 10.1 Å². The smallest absolute Gasteiger partial charge is 0.241 e. The quantitative estimate of drug-likeness (QED) is 0.862. The minimum atomic E-state index is -0.394. The number of carbonyl (C=O) groups is 1. The SMILES string of the molecule is COc1ccccc1NC(=O)C(C)NCc1ccc(F)cc1. The van der Waals surface area contributed by atoms with Gasteiger partial charge in [-0.05, 0) is 36.8 Å². The molecule has 116 valence electrons. The molecule has 0 aliphatic rings. The molecule has 5 heteroatoms. The average molecular weight is 302 g/mol. The lowest BCUT2D eigenvalue weighted by molar-refractivity contribution is -0.117. The van der Waals surface area contributed by atoms with Crippen LogP contribution in [0.15, 0.2) is 48.5 Å². The van der Waals surface area contributed by atoms with Crippen molar-refractivity contribution in [2.24, 2.45) is 0 Å². The fraction of sp³-hybridized carbons (Fsp3) is 0.235. The second kappa shape index (κ2) is 7.56. The van der Waals surface area contributed by atoms with Gasteiger partial charge in [-0.1, -0.05) is 24.3 Å². The third-order valence-corrected chi connectivity index (χ3v) is 3.28. The summed E-state index contributed by atoms with van der Waals surface area (Å²) in [7, 11) is 1.56. The number of methoxy groups -OCH3 is 1. The van der Waals surface area contributed by atoms with E-state index in [-0.39, 0.29) is 11.7 Å². The maximum absolute atomic E-state index is 12.8. The van der Waals surface area contributed by atoms with Gasteiger partial charge in [0.05, 0.1) is 18.8 Å². The lowest BCUT2D eigenvalue weighted by Crippen LogP contribution is -2.37. The third kappa shape index (κ3) is 4.30. The Bertz CT molecular complexity index is 629. The van der Waals surface area contributed by atoms with Gasteiger partial charge in [0.15, 0.2) is 0 Å². The summed E-state index contributed by atoms with van der Waals surface area (Å²) < 4.78 is 18.0. The molecule has 2 rings (SSSR count). The van der Waals surface area contributed by atoms with Gasteiger partial charge in [-0.3, -0.25) is 4.79 Å². The number of ether oxygens (including phenoxy) is 1. The molecule has 0 saturated carbocycles. The molecule has 0 fully saturated rings. The van der Waals surface area contributed by atoms with Gasteiger partial charge in [0.1, 0.15) is 11.6 Å². The van der Waals surface area contributed by atoms with Gasteiger partial charge in [-0.25, -0.2) is 4.39 Å². The van der Waals surface area contributed by atoms with Crippen LogP contribution in [0, 0.1) is 5.82 Å². The van der Waals surface area contributed by atoms with Crippen LogP contribution in [-0.4, -0.2) is 19.1 Å². The number of anilines is 1. The van der Waals surface area contributed by atoms with E-state index in [1.807, 2.05) is 12.1 Å². The van der Waals surface area contributed by atoms with Crippen molar-refractivity contribution in [2.75, 3.05) is 12.4 Å². The number of amides is 1. The number of hydrogen-bond acceptors (Lipinski definition) is 3. The van der Waals surface area contributed by atoms with Crippen LogP contribution in [0.25, 0.3) is 0 Å². The molecule has 0 bridgehead atoms. The summed E-state index contributed by atoms with van der Waals surface area (Å²) in [6.07, 6.45) is 0. The molecule has 4 nitrogen and oxygen atoms in total. The highest BCUT2D eigenvalue weighted by Gasteiger charge is 2.14. The lowest BCUT2D eigenvalue weighted by Gasteiger charge is -2.15. The molecule has 1 amide bonds. The molecular weight excluding hydrogens is 283 g/mol. The number of hydrogen-bond donors (Lipinski definition) is 2. The zero-order valence-corrected chi connectivity index (χ0v) is 12.6. The maximum Gasteiger partial charge on any atom is 0.241 e. The van der Waals surface area contributed by atoms with Gasteiger partial charge in [-0.15, -0.1) is 0 Å². The molecular formula is C17H19FN2O2. The van der Waals surface area contributed by atoms with Crippen LogP contribution in [0.2, 0.25) is 0 Å². The number of halogens is 1. The van der Waals surface area contributed by atoms with E-state index in [4.69, 9.17) is 4.74 Å². The van der Waals surface area contributed by atoms with Crippen LogP contribution in [0.1, 0.15) is 12.5 Å². The van der Waals surface area contributed by atoms with Crippen molar-refractivity contribution >= 4 is 11.6 Å². The molecule has 2 aromatic rings. The zero-order valence-electron chi connectivity index (χ0n) is 12.6. The third-order valence-electron chi connectivity index (χ3n) is 3.28. The number of rotatable bonds is 6. The number of benzene rings is 2. The van der Waals surface area contributed by atoms with Crippen molar-refractivity contribution in [3.63, 3.8) is 0 Å². The predicted molar refractivity (Wildman–Crippen MR) is 84.3 cm³/mol. The van der Waals surface area contributed by atoms with E-state index >= 15 is 0 Å². The van der Waals surface area contributed by atoms with Crippen LogP contribution in [0.5, 0.6) is 5.75 Å². The topological polar surface area (TPSA) is 50.4 Å². The Kier molecular flexibility index (Phi) is 5.49. The monoisotopic (exact) mass is 302 g/mol. The summed E-state index contributed by atoms with van der Waals surface area (Å²) in [5, 5.41) is 5.92. The Balaban J connectivity index is 1.90. The molecule has 2 aromatic carbocycles. The first-order valence-electron chi connectivity index (χ1n) is 7.02. The minimum absolute atomic E-state index is 0.161. The van der Waals surface area contributed by atoms with Crippen molar-refractivity contribution in [1.82, 2.24) is 5.32 Å². The predicted octanol–water partition coefficient (Wildman–Crippen LogP) is 2.95. The van der Waals surface area contributed by atoms with Crippen LogP contribution >= 0.6 is 0 Å². The summed E-state index contributed by atoms with van der Waals surface area (Å²) in [6.45, 7) is 2.26. The molecule has 0 heterocycles. The van der Waals surface area contributed by atoms with E-state index in [0.29, 0.717) is 18.0 Å². The molecule has 1 atom stereocenters. The van der Waals surface area contributed by atoms with Crippen molar-refractivity contribution < 1.29 is 13.9 Å². The van der Waals surface area contributed by atoms with Gasteiger partial charge < -0.3 is 15.4 Å². The molecule has 1 unspecified atom stereocenters. The zero-order chi connectivity index (χ0) is 15.9. The van der Waals surface area contributed by atoms with E-state index in [1.165, 1.54) is 12.1 Å². The fourth-order valence-corrected chi connectivity index (χ4v) is 1.95. The van der Waals surface area contributed by atoms with Gasteiger partial charge in [0.25, 0.3) is 0 Å². The molecule has 0 saturated heterocycles. The molecule has 2 N–H and O–H groups in total. The second-order valence-corrected chi connectivity index (χ2v) is 4.92. The van der Waals surface area contributed by atoms with Crippen LogP contribution in [0.3, 0.4) is 0 Å². The Hall–Kier alpha value is -2.40. The highest BCUT2D eigenvalue weighted by molar-refractivity contribution is 5.95. The van der Waals surface area contributed by atoms with E-state index in [2.05, 4.69) is 10.6 Å². The summed E-state index contributed by atoms with van der Waals surface area (Å²) in [6, 6.07) is 13.0. The minimum Gasteiger partial charge on any atom is -0.495 e. The normalized spacial score (nSPS) is 11.8. The van der Waals surface area contributed by atoms with Crippen molar-refractivity contribution in [3.8, 4) is 5.75 Å². The number of para-hydroxylation sites is 2. The number of carbonyl (C=O) groups excluding carboxylic acids is 1. The van der Waals surface area contributed by atoms with Gasteiger partial charge in [0, 0.05) is 6.54 Å². The molecule has 22 heavy (non-hydrogen) atoms. The molecule has 0 radical (unpaired) electrons. The van der Waals surface area contributed by atoms with E-state index < -0.39 is 6.04 Å². The van der Waals surface area contributed by atoms with E-state index in [0.717, 1.165) is 5.56 Å². The Morgan fingerprint density at radius 2 is 1.86 bits per heavy atom. The van der Waals surface area contributed by atoms with Crippen molar-refractivity contribution in [2.45, 2.75) is 19.5 Å². The summed E-state index contributed by atoms with van der Waals surface area (Å²) in [5.74, 6) is 0.180. The molecule has 0 aliphatic heterocycles. The first-order valence-corrected chi connectivity index (χ1v) is 7.02. The van der Waals surface area contributed by atoms with Crippen LogP contribution < -0.4 is 15.4 Å². The highest BCUT2D eigenvalue weighted by atomic mass is 19.1. The largest absolute Gasteiger partial charge is 0.495 e. The Labute approximate surface area is 129 Å². The first-order chi connectivity index (χ1) is 10.6. The van der Waals surface area contributed by atoms with Crippen molar-refractivity contribution in [3.05, 3.63) is 59.9 Å². The molecule has 0 spiro atoms. The highest BCUT2D eigenvalue weighted by Crippen LogP contribution is 2.23. The van der Waals surface area contributed by atoms with Gasteiger partial charge >= 0.3 is 0 Å². The van der Waals surface area contributed by atoms with Gasteiger partial charge in [0.2, 0.25) is 5.91 Å². The van der Waals surface area contributed by atoms with E-state index in [1.54, 1.807) is 38.3 Å². The number of nitrogens with one attached hydrogen (secondary N) is 2. The first kappa shape index (κ1) is 16.0. The lowest BCUT2D eigenvalue weighted by atomic mass is 10.2. The molecule has 0 aromatic heterocycles. The van der Waals surface area contributed by atoms with Crippen LogP contribution in [-0.2, 0) is 11.3 Å². The van der Waals surface area contributed by atoms with E-state index in [9.17, 15) is 9.18 Å². The average Bonchev–Trinajstić information content (AvgIpc) is 2.54. The summed E-state index contributed by atoms with van der Waals surface area (Å²) in [5.41, 5.74) is 1.55. The summed E-state index contributed by atoms with van der Waals surface area (Å²) in [4.78, 5) is 12.2. The Morgan fingerprint density at radius 1 is 1.18 bits per heavy atom. The standard InChI is InChI=1S/C17H19FN2O2/c1-12(19-11-13-7-9-14(18)10-8-13)17(21)20-15-5-3-4-6-16(15)22-2/h3-10,12,19H,11H2,1-2H3,(H,20,21). The second-order valence-electron chi connectivity index (χ2n) is 4.92. The molecule has 0 aliphatic carbocycles. The maximum atomic E-state index is 12.8. The summed E-state index contributed by atoms with van der Waals surface area (Å²) >= 11 is 0.